The Bertz CT molecular complexity index is 1080. The van der Waals surface area contributed by atoms with Crippen molar-refractivity contribution >= 4 is 27.6 Å². The van der Waals surface area contributed by atoms with Crippen molar-refractivity contribution in [3.63, 3.8) is 0 Å². The van der Waals surface area contributed by atoms with Crippen LogP contribution in [0.15, 0.2) is 28.9 Å². The summed E-state index contributed by atoms with van der Waals surface area (Å²) < 4.78 is 36.7. The summed E-state index contributed by atoms with van der Waals surface area (Å²) in [5, 5.41) is 13.8. The molecule has 2 aromatic rings. The number of nitrogens with one attached hydrogen (secondary N) is 3. The Morgan fingerprint density at radius 3 is 2.89 bits per heavy atom. The van der Waals surface area contributed by atoms with Gasteiger partial charge in [0, 0.05) is 31.6 Å². The molecule has 0 bridgehead atoms. The number of guanidine groups is 1. The van der Waals surface area contributed by atoms with Crippen molar-refractivity contribution in [2.24, 2.45) is 0 Å². The lowest BCUT2D eigenvalue weighted by Crippen LogP contribution is -2.63. The molecule has 10 nitrogen and oxygen atoms in total. The van der Waals surface area contributed by atoms with E-state index in [-0.39, 0.29) is 17.4 Å². The maximum atomic E-state index is 12.5. The van der Waals surface area contributed by atoms with E-state index >= 15 is 0 Å². The van der Waals surface area contributed by atoms with Gasteiger partial charge in [-0.1, -0.05) is 0 Å². The molecule has 1 aromatic carbocycles. The summed E-state index contributed by atoms with van der Waals surface area (Å²) in [7, 11) is -2.31. The molecule has 3 N–H and O–H groups in total. The van der Waals surface area contributed by atoms with Gasteiger partial charge in [-0.3, -0.25) is 10.2 Å². The van der Waals surface area contributed by atoms with Gasteiger partial charge in [0.15, 0.2) is 11.6 Å². The van der Waals surface area contributed by atoms with Crippen molar-refractivity contribution in [2.45, 2.75) is 18.9 Å². The SMILES string of the molecule is Cc1nc(C(=O)Nc2ccc3c(c2)[C@]2(CCO3)CS(=O)(=O)N(C)C(=N)N2)co1. The van der Waals surface area contributed by atoms with Gasteiger partial charge >= 0.3 is 0 Å². The number of sulfonamides is 1. The lowest BCUT2D eigenvalue weighted by Gasteiger charge is -2.45. The number of oxazole rings is 1. The summed E-state index contributed by atoms with van der Waals surface area (Å²) in [5.74, 6) is 0.0319. The summed E-state index contributed by atoms with van der Waals surface area (Å²) in [4.78, 5) is 16.3. The number of ether oxygens (including phenoxy) is 1. The molecular weight excluding hydrogens is 386 g/mol. The summed E-state index contributed by atoms with van der Waals surface area (Å²) >= 11 is 0. The van der Waals surface area contributed by atoms with E-state index in [1.54, 1.807) is 25.1 Å². The predicted molar refractivity (Wildman–Crippen MR) is 99.8 cm³/mol. The van der Waals surface area contributed by atoms with E-state index in [1.807, 2.05) is 0 Å². The van der Waals surface area contributed by atoms with Crippen LogP contribution in [0.25, 0.3) is 0 Å². The molecule has 0 aliphatic carbocycles. The zero-order chi connectivity index (χ0) is 20.1. The van der Waals surface area contributed by atoms with E-state index in [1.165, 1.54) is 13.3 Å². The van der Waals surface area contributed by atoms with Gasteiger partial charge in [0.05, 0.1) is 17.9 Å². The van der Waals surface area contributed by atoms with Crippen LogP contribution in [0, 0.1) is 12.3 Å². The number of hydrogen-bond acceptors (Lipinski definition) is 7. The van der Waals surface area contributed by atoms with Gasteiger partial charge in [-0.05, 0) is 18.2 Å². The molecule has 1 amide bonds. The fraction of sp³-hybridized carbons (Fsp3) is 0.353. The third-order valence-corrected chi connectivity index (χ3v) is 6.78. The van der Waals surface area contributed by atoms with Crippen molar-refractivity contribution in [2.75, 3.05) is 24.7 Å². The molecule has 148 valence electrons. The van der Waals surface area contributed by atoms with Gasteiger partial charge in [-0.15, -0.1) is 0 Å². The largest absolute Gasteiger partial charge is 0.493 e. The summed E-state index contributed by atoms with van der Waals surface area (Å²) in [6, 6.07) is 5.01. The molecule has 0 saturated carbocycles. The fourth-order valence-electron chi connectivity index (χ4n) is 3.41. The second kappa shape index (κ2) is 6.23. The lowest BCUT2D eigenvalue weighted by atomic mass is 9.85. The Morgan fingerprint density at radius 2 is 2.21 bits per heavy atom. The topological polar surface area (TPSA) is 138 Å². The molecule has 1 spiro atoms. The van der Waals surface area contributed by atoms with Crippen molar-refractivity contribution in [1.29, 1.82) is 5.41 Å². The number of nitrogens with zero attached hydrogens (tertiary/aromatic N) is 2. The minimum Gasteiger partial charge on any atom is -0.493 e. The van der Waals surface area contributed by atoms with E-state index < -0.39 is 21.5 Å². The summed E-state index contributed by atoms with van der Waals surface area (Å²) in [6.07, 6.45) is 1.63. The minimum absolute atomic E-state index is 0.142. The number of rotatable bonds is 2. The number of hydrogen-bond donors (Lipinski definition) is 3. The molecule has 2 aliphatic heterocycles. The highest BCUT2D eigenvalue weighted by molar-refractivity contribution is 7.89. The van der Waals surface area contributed by atoms with Gasteiger partial charge in [-0.25, -0.2) is 17.7 Å². The molecule has 1 fully saturated rings. The lowest BCUT2D eigenvalue weighted by molar-refractivity contribution is 0.102. The number of fused-ring (bicyclic) bond motifs is 2. The monoisotopic (exact) mass is 405 g/mol. The number of benzene rings is 1. The first-order chi connectivity index (χ1) is 13.2. The van der Waals surface area contributed by atoms with Crippen LogP contribution in [0.3, 0.4) is 0 Å². The third kappa shape index (κ3) is 2.97. The molecule has 11 heteroatoms. The van der Waals surface area contributed by atoms with Crippen LogP contribution >= 0.6 is 0 Å². The van der Waals surface area contributed by atoms with Gasteiger partial charge in [0.2, 0.25) is 16.0 Å². The van der Waals surface area contributed by atoms with Crippen LogP contribution in [0.1, 0.15) is 28.4 Å². The second-order valence-corrected chi connectivity index (χ2v) is 8.79. The standard InChI is InChI=1S/C17H19N5O5S/c1-10-19-13(8-27-10)15(23)20-11-3-4-14-12(7-11)17(5-6-26-14)9-28(24,25)22(2)16(18)21-17/h3-4,7-8H,5-6,9H2,1-2H3,(H2,18,21)(H,20,23)/t17-/m0/s1. The van der Waals surface area contributed by atoms with Crippen LogP contribution in [-0.4, -0.2) is 49.0 Å². The fourth-order valence-corrected chi connectivity index (χ4v) is 4.92. The molecule has 1 saturated heterocycles. The van der Waals surface area contributed by atoms with Gasteiger partial charge in [0.1, 0.15) is 12.0 Å². The maximum absolute atomic E-state index is 12.5. The van der Waals surface area contributed by atoms with Crippen LogP contribution in [0.2, 0.25) is 0 Å². The zero-order valence-corrected chi connectivity index (χ0v) is 16.1. The highest BCUT2D eigenvalue weighted by Gasteiger charge is 2.48. The summed E-state index contributed by atoms with van der Waals surface area (Å²) in [6.45, 7) is 1.95. The molecule has 2 aliphatic rings. The average molecular weight is 405 g/mol. The third-order valence-electron chi connectivity index (χ3n) is 4.91. The molecule has 4 rings (SSSR count). The van der Waals surface area contributed by atoms with Crippen molar-refractivity contribution in [1.82, 2.24) is 14.6 Å². The van der Waals surface area contributed by atoms with Crippen molar-refractivity contribution in [3.05, 3.63) is 41.6 Å². The first-order valence-electron chi connectivity index (χ1n) is 8.54. The highest BCUT2D eigenvalue weighted by Crippen LogP contribution is 2.41. The number of carbonyl (C=O) groups is 1. The smallest absolute Gasteiger partial charge is 0.277 e. The first kappa shape index (κ1) is 18.3. The quantitative estimate of drug-likeness (QED) is 0.678. The van der Waals surface area contributed by atoms with Gasteiger partial charge in [-0.2, -0.15) is 0 Å². The normalized spacial score (nSPS) is 22.9. The van der Waals surface area contributed by atoms with E-state index in [0.29, 0.717) is 35.9 Å². The van der Waals surface area contributed by atoms with Crippen LogP contribution in [0.5, 0.6) is 5.75 Å². The Hall–Kier alpha value is -3.08. The second-order valence-electron chi connectivity index (χ2n) is 6.79. The van der Waals surface area contributed by atoms with E-state index in [0.717, 1.165) is 4.31 Å². The molecule has 0 unspecified atom stereocenters. The maximum Gasteiger partial charge on any atom is 0.277 e. The van der Waals surface area contributed by atoms with E-state index in [9.17, 15) is 13.2 Å². The Balaban J connectivity index is 1.70. The zero-order valence-electron chi connectivity index (χ0n) is 15.3. The van der Waals surface area contributed by atoms with Crippen molar-refractivity contribution in [3.8, 4) is 5.75 Å². The van der Waals surface area contributed by atoms with Crippen LogP contribution in [0.4, 0.5) is 5.69 Å². The number of anilines is 1. The number of aromatic nitrogens is 1. The van der Waals surface area contributed by atoms with Crippen LogP contribution < -0.4 is 15.4 Å². The molecule has 1 atom stereocenters. The van der Waals surface area contributed by atoms with E-state index in [4.69, 9.17) is 14.6 Å². The molecular formula is C17H19N5O5S. The molecule has 1 aromatic heterocycles. The predicted octanol–water partition coefficient (Wildman–Crippen LogP) is 1.01. The Morgan fingerprint density at radius 1 is 1.43 bits per heavy atom. The average Bonchev–Trinajstić information content (AvgIpc) is 3.07. The van der Waals surface area contributed by atoms with Crippen LogP contribution in [-0.2, 0) is 15.6 Å². The Labute approximate surface area is 161 Å². The number of amides is 1. The Kier molecular flexibility index (Phi) is 4.07. The van der Waals surface area contributed by atoms with Crippen molar-refractivity contribution < 1.29 is 22.4 Å². The first-order valence-corrected chi connectivity index (χ1v) is 10.2. The highest BCUT2D eigenvalue weighted by atomic mass is 32.2. The summed E-state index contributed by atoms with van der Waals surface area (Å²) in [5.41, 5.74) is 0.178. The molecule has 3 heterocycles. The minimum atomic E-state index is -3.66. The number of carbonyl (C=O) groups excluding carboxylic acids is 1. The van der Waals surface area contributed by atoms with Gasteiger partial charge < -0.3 is 19.8 Å². The van der Waals surface area contributed by atoms with Gasteiger partial charge in [0.25, 0.3) is 5.91 Å². The number of aryl methyl sites for hydroxylation is 1. The molecule has 28 heavy (non-hydrogen) atoms. The molecule has 0 radical (unpaired) electrons. The van der Waals surface area contributed by atoms with E-state index in [2.05, 4.69) is 15.6 Å².